The van der Waals surface area contributed by atoms with E-state index in [9.17, 15) is 13.5 Å². The summed E-state index contributed by atoms with van der Waals surface area (Å²) >= 11 is 0. The van der Waals surface area contributed by atoms with Crippen LogP contribution in [0.3, 0.4) is 0 Å². The number of hydrogen-bond acceptors (Lipinski definition) is 5. The molecule has 0 bridgehead atoms. The number of rotatable bonds is 5. The average molecular weight is 299 g/mol. The molecule has 2 aromatic rings. The summed E-state index contributed by atoms with van der Waals surface area (Å²) in [7, 11) is -2.00. The highest BCUT2D eigenvalue weighted by Gasteiger charge is 2.26. The normalized spacial score (nSPS) is 12.0. The van der Waals surface area contributed by atoms with Gasteiger partial charge in [-0.2, -0.15) is 5.10 Å². The average Bonchev–Trinajstić information content (AvgIpc) is 2.90. The molecule has 7 nitrogen and oxygen atoms in total. The number of aromatic nitrogens is 2. The van der Waals surface area contributed by atoms with Gasteiger partial charge in [-0.1, -0.05) is 0 Å². The molecule has 8 heteroatoms. The van der Waals surface area contributed by atoms with Gasteiger partial charge in [0.15, 0.2) is 0 Å². The Labute approximate surface area is 117 Å². The molecule has 0 aliphatic rings. The topological polar surface area (TPSA) is 97.4 Å². The van der Waals surface area contributed by atoms with Gasteiger partial charge in [-0.15, -0.1) is 0 Å². The second kappa shape index (κ2) is 5.39. The molecule has 0 radical (unpaired) electrons. The Balaban J connectivity index is 2.27. The van der Waals surface area contributed by atoms with Crippen LogP contribution in [0.1, 0.15) is 22.8 Å². The van der Waals surface area contributed by atoms with Crippen molar-refractivity contribution in [1.82, 2.24) is 14.5 Å². The van der Waals surface area contributed by atoms with Gasteiger partial charge in [0.2, 0.25) is 10.0 Å². The summed E-state index contributed by atoms with van der Waals surface area (Å²) < 4.78 is 34.0. The summed E-state index contributed by atoms with van der Waals surface area (Å²) in [6.45, 7) is 2.87. The summed E-state index contributed by atoms with van der Waals surface area (Å²) in [6, 6.07) is 1.73. The van der Waals surface area contributed by atoms with Gasteiger partial charge in [0.05, 0.1) is 18.8 Å². The Morgan fingerprint density at radius 3 is 2.65 bits per heavy atom. The third-order valence-electron chi connectivity index (χ3n) is 2.96. The van der Waals surface area contributed by atoms with E-state index < -0.39 is 10.0 Å². The molecule has 0 saturated carbocycles. The first kappa shape index (κ1) is 14.8. The molecule has 0 aliphatic heterocycles. The number of nitrogens with one attached hydrogen (secondary N) is 1. The number of hydrogen-bond donors (Lipinski definition) is 2. The molecule has 2 N–H and O–H groups in total. The second-order valence-corrected chi connectivity index (χ2v) is 6.19. The van der Waals surface area contributed by atoms with Crippen molar-refractivity contribution in [2.75, 3.05) is 0 Å². The van der Waals surface area contributed by atoms with E-state index in [0.29, 0.717) is 11.5 Å². The van der Waals surface area contributed by atoms with Crippen LogP contribution < -0.4 is 4.72 Å². The van der Waals surface area contributed by atoms with Gasteiger partial charge in [0.1, 0.15) is 16.4 Å². The predicted molar refractivity (Wildman–Crippen MR) is 71.3 cm³/mol. The first-order valence-electron chi connectivity index (χ1n) is 6.03. The molecule has 110 valence electrons. The van der Waals surface area contributed by atoms with E-state index in [4.69, 9.17) is 4.42 Å². The molecule has 0 spiro atoms. The van der Waals surface area contributed by atoms with Crippen molar-refractivity contribution < 1.29 is 17.9 Å². The zero-order chi connectivity index (χ0) is 14.9. The van der Waals surface area contributed by atoms with E-state index in [1.54, 1.807) is 37.8 Å². The Bertz CT molecular complexity index is 715. The number of nitrogens with zero attached hydrogens (tertiary/aromatic N) is 2. The maximum Gasteiger partial charge on any atom is 0.244 e. The zero-order valence-electron chi connectivity index (χ0n) is 11.5. The van der Waals surface area contributed by atoms with Gasteiger partial charge in [0, 0.05) is 18.8 Å². The van der Waals surface area contributed by atoms with Gasteiger partial charge >= 0.3 is 0 Å². The fourth-order valence-corrected chi connectivity index (χ4v) is 3.48. The molecule has 0 unspecified atom stereocenters. The maximum atomic E-state index is 12.3. The first-order chi connectivity index (χ1) is 9.35. The van der Waals surface area contributed by atoms with Gasteiger partial charge in [-0.25, -0.2) is 13.1 Å². The summed E-state index contributed by atoms with van der Waals surface area (Å²) in [6.07, 6.45) is 1.73. The number of aryl methyl sites for hydroxylation is 3. The second-order valence-electron chi connectivity index (χ2n) is 4.49. The molecule has 2 rings (SSSR count). The minimum absolute atomic E-state index is 0.00781. The summed E-state index contributed by atoms with van der Waals surface area (Å²) in [5.41, 5.74) is 0.899. The van der Waals surface area contributed by atoms with Crippen LogP contribution in [0.4, 0.5) is 0 Å². The van der Waals surface area contributed by atoms with Crippen molar-refractivity contribution in [3.05, 3.63) is 35.0 Å². The van der Waals surface area contributed by atoms with Crippen molar-refractivity contribution in [2.45, 2.75) is 31.9 Å². The van der Waals surface area contributed by atoms with Crippen molar-refractivity contribution >= 4 is 10.0 Å². The highest BCUT2D eigenvalue weighted by Crippen LogP contribution is 2.26. The Hall–Kier alpha value is -1.64. The SMILES string of the molecule is Cc1oc(C)c(S(=O)(=O)NCc2ccn(C)n2)c1CO. The maximum absolute atomic E-state index is 12.3. The minimum Gasteiger partial charge on any atom is -0.465 e. The van der Waals surface area contributed by atoms with Crippen molar-refractivity contribution in [1.29, 1.82) is 0 Å². The van der Waals surface area contributed by atoms with Gasteiger partial charge in [0.25, 0.3) is 0 Å². The van der Waals surface area contributed by atoms with Crippen molar-refractivity contribution in [3.8, 4) is 0 Å². The molecule has 0 fully saturated rings. The standard InChI is InChI=1S/C12H17N3O4S/c1-8-11(7-16)12(9(2)19-8)20(17,18)13-6-10-4-5-15(3)14-10/h4-5,13,16H,6-7H2,1-3H3. The lowest BCUT2D eigenvalue weighted by molar-refractivity contribution is 0.276. The van der Waals surface area contributed by atoms with Crippen LogP contribution in [0.2, 0.25) is 0 Å². The Morgan fingerprint density at radius 1 is 1.40 bits per heavy atom. The number of aliphatic hydroxyl groups excluding tert-OH is 1. The van der Waals surface area contributed by atoms with Crippen LogP contribution >= 0.6 is 0 Å². The van der Waals surface area contributed by atoms with Crippen LogP contribution in [-0.2, 0) is 30.2 Å². The number of sulfonamides is 1. The molecule has 2 heterocycles. The van der Waals surface area contributed by atoms with Gasteiger partial charge in [-0.05, 0) is 19.9 Å². The quantitative estimate of drug-likeness (QED) is 0.842. The third kappa shape index (κ3) is 2.77. The summed E-state index contributed by atoms with van der Waals surface area (Å²) in [5, 5.41) is 13.4. The molecule has 2 aromatic heterocycles. The van der Waals surface area contributed by atoms with Crippen LogP contribution in [0.15, 0.2) is 21.6 Å². The minimum atomic E-state index is -3.75. The molecule has 0 amide bonds. The van der Waals surface area contributed by atoms with Crippen molar-refractivity contribution in [2.24, 2.45) is 7.05 Å². The highest BCUT2D eigenvalue weighted by atomic mass is 32.2. The third-order valence-corrected chi connectivity index (χ3v) is 4.56. The fraction of sp³-hybridized carbons (Fsp3) is 0.417. The molecule has 0 atom stereocenters. The molecule has 20 heavy (non-hydrogen) atoms. The Morgan fingerprint density at radius 2 is 2.10 bits per heavy atom. The highest BCUT2D eigenvalue weighted by molar-refractivity contribution is 7.89. The van der Waals surface area contributed by atoms with Crippen LogP contribution in [0, 0.1) is 13.8 Å². The van der Waals surface area contributed by atoms with Gasteiger partial charge < -0.3 is 9.52 Å². The molecule has 0 saturated heterocycles. The monoisotopic (exact) mass is 299 g/mol. The predicted octanol–water partition coefficient (Wildman–Crippen LogP) is 0.601. The van der Waals surface area contributed by atoms with E-state index in [1.165, 1.54) is 0 Å². The van der Waals surface area contributed by atoms with E-state index in [-0.39, 0.29) is 29.4 Å². The van der Waals surface area contributed by atoms with E-state index in [2.05, 4.69) is 9.82 Å². The lowest BCUT2D eigenvalue weighted by Crippen LogP contribution is -2.24. The first-order valence-corrected chi connectivity index (χ1v) is 7.51. The van der Waals surface area contributed by atoms with E-state index in [0.717, 1.165) is 0 Å². The largest absolute Gasteiger partial charge is 0.465 e. The van der Waals surface area contributed by atoms with Gasteiger partial charge in [-0.3, -0.25) is 4.68 Å². The zero-order valence-corrected chi connectivity index (χ0v) is 12.4. The van der Waals surface area contributed by atoms with Crippen LogP contribution in [0.25, 0.3) is 0 Å². The van der Waals surface area contributed by atoms with Crippen molar-refractivity contribution in [3.63, 3.8) is 0 Å². The Kier molecular flexibility index (Phi) is 3.98. The number of furan rings is 1. The fourth-order valence-electron chi connectivity index (χ4n) is 2.04. The smallest absolute Gasteiger partial charge is 0.244 e. The van der Waals surface area contributed by atoms with Crippen LogP contribution in [0.5, 0.6) is 0 Å². The lowest BCUT2D eigenvalue weighted by atomic mass is 10.2. The molecule has 0 aromatic carbocycles. The number of aliphatic hydroxyl groups is 1. The molecular weight excluding hydrogens is 282 g/mol. The van der Waals surface area contributed by atoms with E-state index >= 15 is 0 Å². The molecular formula is C12H17N3O4S. The summed E-state index contributed by atoms with van der Waals surface area (Å²) in [4.78, 5) is 0.00781. The molecule has 0 aliphatic carbocycles. The summed E-state index contributed by atoms with van der Waals surface area (Å²) in [5.74, 6) is 0.670. The van der Waals surface area contributed by atoms with E-state index in [1.807, 2.05) is 0 Å². The lowest BCUT2D eigenvalue weighted by Gasteiger charge is -2.06. The van der Waals surface area contributed by atoms with Crippen LogP contribution in [-0.4, -0.2) is 23.3 Å².